The van der Waals surface area contributed by atoms with Crippen molar-refractivity contribution >= 4 is 55.6 Å². The van der Waals surface area contributed by atoms with Crippen LogP contribution in [0.15, 0.2) is 45.3 Å². The molecule has 11 nitrogen and oxygen atoms in total. The molecule has 254 valence electrons. The first-order chi connectivity index (χ1) is 22.8. The van der Waals surface area contributed by atoms with E-state index in [1.54, 1.807) is 12.0 Å². The molecule has 0 aromatic heterocycles. The SMILES string of the molecule is COc1c(Br)cc(CC(OC(=O)N2CCC(N3CCc4ccccc4NC3=O)CC2)C(=O)N2CCN(C3CCNCC3)CC2)cc1Br. The van der Waals surface area contributed by atoms with Crippen LogP contribution in [0.2, 0.25) is 0 Å². The third-order valence-corrected chi connectivity index (χ3v) is 11.1. The summed E-state index contributed by atoms with van der Waals surface area (Å²) in [7, 11) is 1.60. The molecule has 0 aliphatic carbocycles. The molecule has 4 aliphatic heterocycles. The molecule has 1 atom stereocenters. The van der Waals surface area contributed by atoms with Crippen LogP contribution in [0.4, 0.5) is 15.3 Å². The van der Waals surface area contributed by atoms with Gasteiger partial charge in [0.1, 0.15) is 5.75 Å². The van der Waals surface area contributed by atoms with E-state index in [-0.39, 0.29) is 24.4 Å². The number of methoxy groups -OCH3 is 1. The minimum Gasteiger partial charge on any atom is -0.494 e. The van der Waals surface area contributed by atoms with Gasteiger partial charge in [-0.2, -0.15) is 0 Å². The number of fused-ring (bicyclic) bond motifs is 1. The molecule has 2 N–H and O–H groups in total. The Morgan fingerprint density at radius 3 is 2.26 bits per heavy atom. The van der Waals surface area contributed by atoms with Crippen molar-refractivity contribution in [3.8, 4) is 5.75 Å². The molecule has 0 spiro atoms. The molecule has 2 aromatic rings. The molecule has 4 amide bonds. The maximum absolute atomic E-state index is 14.0. The molecule has 0 saturated carbocycles. The zero-order chi connectivity index (χ0) is 32.9. The number of amides is 4. The van der Waals surface area contributed by atoms with Crippen LogP contribution in [0.25, 0.3) is 0 Å². The smallest absolute Gasteiger partial charge is 0.410 e. The van der Waals surface area contributed by atoms with E-state index in [9.17, 15) is 14.4 Å². The van der Waals surface area contributed by atoms with E-state index >= 15 is 0 Å². The number of urea groups is 1. The van der Waals surface area contributed by atoms with Crippen LogP contribution in [-0.4, -0.2) is 122 Å². The van der Waals surface area contributed by atoms with Gasteiger partial charge in [0.05, 0.1) is 16.1 Å². The van der Waals surface area contributed by atoms with Gasteiger partial charge in [-0.1, -0.05) is 18.2 Å². The molecule has 4 heterocycles. The van der Waals surface area contributed by atoms with Crippen molar-refractivity contribution in [2.45, 2.75) is 56.7 Å². The fourth-order valence-electron chi connectivity index (χ4n) is 7.30. The summed E-state index contributed by atoms with van der Waals surface area (Å²) < 4.78 is 13.0. The number of likely N-dealkylation sites (tertiary alicyclic amines) is 1. The highest BCUT2D eigenvalue weighted by atomic mass is 79.9. The number of halogens is 2. The summed E-state index contributed by atoms with van der Waals surface area (Å²) in [5.41, 5.74) is 2.83. The van der Waals surface area contributed by atoms with Gasteiger partial charge in [-0.3, -0.25) is 9.69 Å². The summed E-state index contributed by atoms with van der Waals surface area (Å²) in [6, 6.07) is 12.2. The predicted molar refractivity (Wildman–Crippen MR) is 187 cm³/mol. The first-order valence-electron chi connectivity index (χ1n) is 16.7. The van der Waals surface area contributed by atoms with Gasteiger partial charge >= 0.3 is 12.1 Å². The molecule has 2 aromatic carbocycles. The summed E-state index contributed by atoms with van der Waals surface area (Å²) in [6.07, 6.45) is 3.12. The summed E-state index contributed by atoms with van der Waals surface area (Å²) in [4.78, 5) is 48.6. The monoisotopic (exact) mass is 774 g/mol. The van der Waals surface area contributed by atoms with Gasteiger partial charge in [0.2, 0.25) is 0 Å². The average Bonchev–Trinajstić information content (AvgIpc) is 3.26. The number of anilines is 1. The van der Waals surface area contributed by atoms with Gasteiger partial charge in [0.25, 0.3) is 5.91 Å². The lowest BCUT2D eigenvalue weighted by Gasteiger charge is -2.41. The standard InChI is InChI=1S/C34H44Br2N6O5/c1-46-31-27(35)20-23(21-28(31)36)22-30(32(43)40-18-16-39(17-19-40)25-6-11-37-12-7-25)47-34(45)41-13-9-26(10-14-41)42-15-8-24-4-2-3-5-29(24)38-33(42)44/h2-5,20-21,25-26,30,37H,6-19,22H2,1H3,(H,38,44). The minimum absolute atomic E-state index is 0.0241. The van der Waals surface area contributed by atoms with Gasteiger partial charge < -0.3 is 34.8 Å². The summed E-state index contributed by atoms with van der Waals surface area (Å²) >= 11 is 7.13. The fraction of sp³-hybridized carbons (Fsp3) is 0.559. The Morgan fingerprint density at radius 2 is 1.57 bits per heavy atom. The van der Waals surface area contributed by atoms with Crippen LogP contribution in [0.3, 0.4) is 0 Å². The van der Waals surface area contributed by atoms with Crippen LogP contribution >= 0.6 is 31.9 Å². The molecule has 13 heteroatoms. The second-order valence-electron chi connectivity index (χ2n) is 12.8. The lowest BCUT2D eigenvalue weighted by Crippen LogP contribution is -2.56. The molecule has 3 saturated heterocycles. The molecule has 4 aliphatic rings. The zero-order valence-corrected chi connectivity index (χ0v) is 30.1. The fourth-order valence-corrected chi connectivity index (χ4v) is 8.90. The maximum Gasteiger partial charge on any atom is 0.410 e. The second kappa shape index (κ2) is 15.6. The summed E-state index contributed by atoms with van der Waals surface area (Å²) in [5, 5.41) is 6.48. The zero-order valence-electron chi connectivity index (χ0n) is 26.9. The lowest BCUT2D eigenvalue weighted by atomic mass is 10.0. The van der Waals surface area contributed by atoms with Crippen molar-refractivity contribution < 1.29 is 23.9 Å². The highest BCUT2D eigenvalue weighted by Gasteiger charge is 2.36. The second-order valence-corrected chi connectivity index (χ2v) is 14.5. The summed E-state index contributed by atoms with van der Waals surface area (Å²) in [6.45, 7) is 6.47. The number of piperazine rings is 1. The minimum atomic E-state index is -0.965. The predicted octanol–water partition coefficient (Wildman–Crippen LogP) is 4.72. The van der Waals surface area contributed by atoms with E-state index in [0.717, 1.165) is 71.2 Å². The van der Waals surface area contributed by atoms with Crippen molar-refractivity contribution in [2.24, 2.45) is 0 Å². The number of hydrogen-bond acceptors (Lipinski definition) is 7. The Hall–Kier alpha value is -2.87. The molecule has 47 heavy (non-hydrogen) atoms. The molecule has 0 bridgehead atoms. The first-order valence-corrected chi connectivity index (χ1v) is 18.3. The molecular formula is C34H44Br2N6O5. The number of piperidine rings is 2. The number of hydrogen-bond donors (Lipinski definition) is 2. The van der Waals surface area contributed by atoms with Gasteiger partial charge in [-0.15, -0.1) is 0 Å². The van der Waals surface area contributed by atoms with E-state index in [1.165, 1.54) is 0 Å². The van der Waals surface area contributed by atoms with Crippen molar-refractivity contribution in [3.63, 3.8) is 0 Å². The third kappa shape index (κ3) is 8.06. The van der Waals surface area contributed by atoms with E-state index in [2.05, 4.69) is 47.4 Å². The van der Waals surface area contributed by atoms with Crippen LogP contribution in [0.5, 0.6) is 5.75 Å². The first kappa shape index (κ1) is 34.0. The van der Waals surface area contributed by atoms with E-state index in [0.29, 0.717) is 57.4 Å². The molecule has 0 radical (unpaired) electrons. The van der Waals surface area contributed by atoms with Gasteiger partial charge in [-0.05, 0) is 106 Å². The highest BCUT2D eigenvalue weighted by Crippen LogP contribution is 2.35. The molecule has 6 rings (SSSR count). The number of ether oxygens (including phenoxy) is 2. The van der Waals surface area contributed by atoms with Crippen molar-refractivity contribution in [1.29, 1.82) is 0 Å². The third-order valence-electron chi connectivity index (χ3n) is 9.96. The number of carbonyl (C=O) groups excluding carboxylic acids is 3. The number of benzene rings is 2. The lowest BCUT2D eigenvalue weighted by molar-refractivity contribution is -0.143. The largest absolute Gasteiger partial charge is 0.494 e. The van der Waals surface area contributed by atoms with E-state index in [4.69, 9.17) is 9.47 Å². The van der Waals surface area contributed by atoms with E-state index in [1.807, 2.05) is 46.2 Å². The van der Waals surface area contributed by atoms with Crippen molar-refractivity contribution in [3.05, 3.63) is 56.5 Å². The van der Waals surface area contributed by atoms with E-state index < -0.39 is 12.2 Å². The van der Waals surface area contributed by atoms with Crippen LogP contribution in [0, 0.1) is 0 Å². The maximum atomic E-state index is 14.0. The number of nitrogens with zero attached hydrogens (tertiary/aromatic N) is 4. The van der Waals surface area contributed by atoms with Crippen LogP contribution < -0.4 is 15.4 Å². The Kier molecular flexibility index (Phi) is 11.3. The number of carbonyl (C=O) groups is 3. The average molecular weight is 777 g/mol. The molecular weight excluding hydrogens is 732 g/mol. The Bertz CT molecular complexity index is 1420. The van der Waals surface area contributed by atoms with Crippen molar-refractivity contribution in [2.75, 3.05) is 71.3 Å². The van der Waals surface area contributed by atoms with Gasteiger partial charge in [0.15, 0.2) is 6.10 Å². The quantitative estimate of drug-likeness (QED) is 0.420. The van der Waals surface area contributed by atoms with Crippen LogP contribution in [-0.2, 0) is 22.4 Å². The highest BCUT2D eigenvalue weighted by molar-refractivity contribution is 9.11. The summed E-state index contributed by atoms with van der Waals surface area (Å²) in [5.74, 6) is 0.495. The Labute approximate surface area is 293 Å². The van der Waals surface area contributed by atoms with Gasteiger partial charge in [0, 0.05) is 70.0 Å². The number of para-hydroxylation sites is 1. The topological polar surface area (TPSA) is 107 Å². The Morgan fingerprint density at radius 1 is 0.894 bits per heavy atom. The molecule has 1 unspecified atom stereocenters. The normalized spacial score (nSPS) is 20.7. The Balaban J connectivity index is 1.09. The number of rotatable bonds is 7. The van der Waals surface area contributed by atoms with Gasteiger partial charge in [-0.25, -0.2) is 9.59 Å². The van der Waals surface area contributed by atoms with Crippen molar-refractivity contribution in [1.82, 2.24) is 24.9 Å². The van der Waals surface area contributed by atoms with Crippen LogP contribution in [0.1, 0.15) is 36.8 Å². The number of nitrogens with one attached hydrogen (secondary N) is 2. The molecule has 3 fully saturated rings.